The number of ether oxygens (including phenoxy) is 2. The standard InChI is InChI=1S/C5H11NO3/c7-3-6-4-8-1-2-9-5-6/h7H,1-5H2. The van der Waals surface area contributed by atoms with E-state index in [9.17, 15) is 0 Å². The summed E-state index contributed by atoms with van der Waals surface area (Å²) in [5, 5.41) is 8.58. The van der Waals surface area contributed by atoms with Gasteiger partial charge in [-0.3, -0.25) is 0 Å². The van der Waals surface area contributed by atoms with E-state index >= 15 is 0 Å². The lowest BCUT2D eigenvalue weighted by molar-refractivity contribution is -0.0278. The van der Waals surface area contributed by atoms with Gasteiger partial charge in [0.15, 0.2) is 0 Å². The molecule has 0 aromatic carbocycles. The monoisotopic (exact) mass is 133 g/mol. The molecule has 0 unspecified atom stereocenters. The maximum absolute atomic E-state index is 8.58. The van der Waals surface area contributed by atoms with E-state index in [2.05, 4.69) is 0 Å². The van der Waals surface area contributed by atoms with Gasteiger partial charge < -0.3 is 14.6 Å². The van der Waals surface area contributed by atoms with Crippen molar-refractivity contribution in [1.82, 2.24) is 4.90 Å². The van der Waals surface area contributed by atoms with E-state index in [0.29, 0.717) is 26.7 Å². The maximum atomic E-state index is 8.58. The first-order valence-corrected chi connectivity index (χ1v) is 2.92. The van der Waals surface area contributed by atoms with Crippen LogP contribution in [0, 0.1) is 0 Å². The molecule has 0 spiro atoms. The van der Waals surface area contributed by atoms with Crippen LogP contribution in [-0.2, 0) is 9.47 Å². The lowest BCUT2D eigenvalue weighted by Crippen LogP contribution is -2.27. The van der Waals surface area contributed by atoms with Crippen molar-refractivity contribution >= 4 is 0 Å². The SMILES string of the molecule is OCN1COCCOC1. The summed E-state index contributed by atoms with van der Waals surface area (Å²) in [7, 11) is 0. The van der Waals surface area contributed by atoms with E-state index in [4.69, 9.17) is 14.6 Å². The molecule has 0 aromatic rings. The molecule has 4 nitrogen and oxygen atoms in total. The molecule has 0 amide bonds. The highest BCUT2D eigenvalue weighted by molar-refractivity contribution is 4.41. The molecule has 9 heavy (non-hydrogen) atoms. The first-order chi connectivity index (χ1) is 4.43. The molecule has 0 aromatic heterocycles. The van der Waals surface area contributed by atoms with Crippen LogP contribution in [0.15, 0.2) is 0 Å². The number of hydrogen-bond acceptors (Lipinski definition) is 4. The molecule has 0 aliphatic carbocycles. The maximum Gasteiger partial charge on any atom is 0.103 e. The molecule has 0 saturated carbocycles. The van der Waals surface area contributed by atoms with Crippen LogP contribution in [0.1, 0.15) is 0 Å². The Labute approximate surface area is 54.0 Å². The van der Waals surface area contributed by atoms with Crippen molar-refractivity contribution in [2.75, 3.05) is 33.4 Å². The number of hydrogen-bond donors (Lipinski definition) is 1. The molecule has 1 aliphatic heterocycles. The topological polar surface area (TPSA) is 41.9 Å². The van der Waals surface area contributed by atoms with Crippen molar-refractivity contribution < 1.29 is 14.6 Å². The van der Waals surface area contributed by atoms with Crippen LogP contribution >= 0.6 is 0 Å². The summed E-state index contributed by atoms with van der Waals surface area (Å²) in [6.45, 7) is 2.18. The van der Waals surface area contributed by atoms with E-state index in [1.807, 2.05) is 0 Å². The fourth-order valence-corrected chi connectivity index (χ4v) is 0.624. The number of rotatable bonds is 1. The Balaban J connectivity index is 2.18. The van der Waals surface area contributed by atoms with E-state index in [-0.39, 0.29) is 6.73 Å². The lowest BCUT2D eigenvalue weighted by atomic mass is 10.8. The van der Waals surface area contributed by atoms with Gasteiger partial charge in [-0.25, -0.2) is 4.90 Å². The molecular weight excluding hydrogens is 122 g/mol. The third-order valence-corrected chi connectivity index (χ3v) is 1.12. The fourth-order valence-electron chi connectivity index (χ4n) is 0.624. The normalized spacial score (nSPS) is 23.7. The van der Waals surface area contributed by atoms with Gasteiger partial charge in [0, 0.05) is 0 Å². The van der Waals surface area contributed by atoms with Crippen LogP contribution in [0.4, 0.5) is 0 Å². The molecule has 54 valence electrons. The molecular formula is C5H11NO3. The van der Waals surface area contributed by atoms with Crippen LogP contribution in [0.5, 0.6) is 0 Å². The van der Waals surface area contributed by atoms with Crippen molar-refractivity contribution in [3.63, 3.8) is 0 Å². The van der Waals surface area contributed by atoms with Gasteiger partial charge in [-0.2, -0.15) is 0 Å². The Bertz CT molecular complexity index is 70.6. The van der Waals surface area contributed by atoms with Crippen molar-refractivity contribution in [1.29, 1.82) is 0 Å². The zero-order chi connectivity index (χ0) is 6.53. The third kappa shape index (κ3) is 2.28. The minimum atomic E-state index is 0. The zero-order valence-electron chi connectivity index (χ0n) is 5.25. The smallest absolute Gasteiger partial charge is 0.103 e. The van der Waals surface area contributed by atoms with E-state index in [0.717, 1.165) is 0 Å². The Hall–Kier alpha value is -0.160. The van der Waals surface area contributed by atoms with Crippen molar-refractivity contribution in [2.24, 2.45) is 0 Å². The van der Waals surface area contributed by atoms with E-state index in [1.54, 1.807) is 4.90 Å². The van der Waals surface area contributed by atoms with Gasteiger partial charge in [0.1, 0.15) is 13.5 Å². The number of aliphatic hydroxyl groups excluding tert-OH is 1. The Kier molecular flexibility index (Phi) is 2.93. The molecule has 1 fully saturated rings. The molecule has 0 atom stereocenters. The van der Waals surface area contributed by atoms with Crippen LogP contribution in [0.2, 0.25) is 0 Å². The van der Waals surface area contributed by atoms with Crippen LogP contribution in [0.25, 0.3) is 0 Å². The number of nitrogens with zero attached hydrogens (tertiary/aromatic N) is 1. The van der Waals surface area contributed by atoms with E-state index < -0.39 is 0 Å². The van der Waals surface area contributed by atoms with Crippen LogP contribution in [-0.4, -0.2) is 43.4 Å². The van der Waals surface area contributed by atoms with Gasteiger partial charge in [-0.15, -0.1) is 0 Å². The predicted octanol–water partition coefficient (Wildman–Crippen LogP) is -0.800. The quantitative estimate of drug-likeness (QED) is 0.508. The van der Waals surface area contributed by atoms with E-state index in [1.165, 1.54) is 0 Å². The second-order valence-electron chi connectivity index (χ2n) is 1.89. The summed E-state index contributed by atoms with van der Waals surface area (Å²) in [6, 6.07) is 0. The van der Waals surface area contributed by atoms with Gasteiger partial charge in [-0.1, -0.05) is 0 Å². The largest absolute Gasteiger partial charge is 0.381 e. The Morgan fingerprint density at radius 3 is 2.22 bits per heavy atom. The molecule has 1 N–H and O–H groups in total. The van der Waals surface area contributed by atoms with Gasteiger partial charge in [0.2, 0.25) is 0 Å². The van der Waals surface area contributed by atoms with Gasteiger partial charge in [0.05, 0.1) is 19.9 Å². The van der Waals surface area contributed by atoms with Crippen molar-refractivity contribution in [3.05, 3.63) is 0 Å². The van der Waals surface area contributed by atoms with Crippen molar-refractivity contribution in [2.45, 2.75) is 0 Å². The second kappa shape index (κ2) is 3.79. The molecule has 1 aliphatic rings. The molecule has 1 saturated heterocycles. The first kappa shape index (κ1) is 6.95. The highest BCUT2D eigenvalue weighted by Gasteiger charge is 2.05. The Morgan fingerprint density at radius 1 is 1.22 bits per heavy atom. The van der Waals surface area contributed by atoms with Gasteiger partial charge in [-0.05, 0) is 0 Å². The minimum Gasteiger partial charge on any atom is -0.381 e. The highest BCUT2D eigenvalue weighted by Crippen LogP contribution is 1.93. The molecule has 0 radical (unpaired) electrons. The Morgan fingerprint density at radius 2 is 1.78 bits per heavy atom. The van der Waals surface area contributed by atoms with Crippen LogP contribution < -0.4 is 0 Å². The fraction of sp³-hybridized carbons (Fsp3) is 1.00. The lowest BCUT2D eigenvalue weighted by Gasteiger charge is -2.13. The summed E-state index contributed by atoms with van der Waals surface area (Å²) in [4.78, 5) is 1.66. The van der Waals surface area contributed by atoms with Crippen LogP contribution in [0.3, 0.4) is 0 Å². The average molecular weight is 133 g/mol. The third-order valence-electron chi connectivity index (χ3n) is 1.12. The summed E-state index contributed by atoms with van der Waals surface area (Å²) in [5.74, 6) is 0. The highest BCUT2D eigenvalue weighted by atomic mass is 16.6. The number of aliphatic hydroxyl groups is 1. The van der Waals surface area contributed by atoms with Crippen molar-refractivity contribution in [3.8, 4) is 0 Å². The molecule has 1 heterocycles. The predicted molar refractivity (Wildman–Crippen MR) is 30.6 cm³/mol. The average Bonchev–Trinajstić information content (AvgIpc) is 2.13. The zero-order valence-corrected chi connectivity index (χ0v) is 5.25. The van der Waals surface area contributed by atoms with Gasteiger partial charge in [0.25, 0.3) is 0 Å². The minimum absolute atomic E-state index is 0. The first-order valence-electron chi connectivity index (χ1n) is 2.92. The summed E-state index contributed by atoms with van der Waals surface area (Å²) in [5.41, 5.74) is 0. The second-order valence-corrected chi connectivity index (χ2v) is 1.89. The molecule has 4 heteroatoms. The molecule has 1 rings (SSSR count). The summed E-state index contributed by atoms with van der Waals surface area (Å²) in [6.07, 6.45) is 0. The summed E-state index contributed by atoms with van der Waals surface area (Å²) < 4.78 is 10.1. The van der Waals surface area contributed by atoms with Gasteiger partial charge >= 0.3 is 0 Å². The molecule has 0 bridgehead atoms. The summed E-state index contributed by atoms with van der Waals surface area (Å²) >= 11 is 0.